The third kappa shape index (κ3) is 4.97. The van der Waals surface area contributed by atoms with Crippen LogP contribution in [0.5, 0.6) is 5.75 Å². The molecule has 1 saturated heterocycles. The van der Waals surface area contributed by atoms with Crippen LogP contribution in [0.15, 0.2) is 24.3 Å². The second-order valence-electron chi connectivity index (χ2n) is 5.39. The maximum absolute atomic E-state index is 12.1. The summed E-state index contributed by atoms with van der Waals surface area (Å²) < 4.78 is 17.8. The van der Waals surface area contributed by atoms with Gasteiger partial charge in [0, 0.05) is 18.7 Å². The largest absolute Gasteiger partial charge is 0.493 e. The molecular formula is C15H21FN2O3. The van der Waals surface area contributed by atoms with Crippen LogP contribution in [0.1, 0.15) is 19.3 Å². The standard InChI is InChI=1S/C15H21FN2O3/c16-8-1-9-17-10-6-13(7-11-17)12-21-15-4-2-14(3-5-15)18(19)20/h2-5,13H,1,6-12H2. The molecule has 0 saturated carbocycles. The summed E-state index contributed by atoms with van der Waals surface area (Å²) in [7, 11) is 0. The molecule has 1 aromatic carbocycles. The molecule has 0 aromatic heterocycles. The van der Waals surface area contributed by atoms with Crippen LogP contribution < -0.4 is 4.74 Å². The van der Waals surface area contributed by atoms with E-state index in [1.54, 1.807) is 12.1 Å². The van der Waals surface area contributed by atoms with Crippen molar-refractivity contribution in [3.63, 3.8) is 0 Å². The molecule has 0 radical (unpaired) electrons. The highest BCUT2D eigenvalue weighted by Crippen LogP contribution is 2.21. The summed E-state index contributed by atoms with van der Waals surface area (Å²) in [6.07, 6.45) is 2.72. The molecule has 0 spiro atoms. The van der Waals surface area contributed by atoms with E-state index in [9.17, 15) is 14.5 Å². The summed E-state index contributed by atoms with van der Waals surface area (Å²) in [5.41, 5.74) is 0.0727. The van der Waals surface area contributed by atoms with E-state index < -0.39 is 4.92 Å². The lowest BCUT2D eigenvalue weighted by atomic mass is 9.98. The van der Waals surface area contributed by atoms with Crippen molar-refractivity contribution in [2.45, 2.75) is 19.3 Å². The number of halogens is 1. The molecule has 0 N–H and O–H groups in total. The SMILES string of the molecule is O=[N+]([O-])c1ccc(OCC2CCN(CCCF)CC2)cc1. The summed E-state index contributed by atoms with van der Waals surface area (Å²) in [6, 6.07) is 6.17. The highest BCUT2D eigenvalue weighted by Gasteiger charge is 2.19. The molecule has 1 aliphatic heterocycles. The molecule has 0 bridgehead atoms. The number of rotatable bonds is 7. The van der Waals surface area contributed by atoms with Gasteiger partial charge in [-0.05, 0) is 50.4 Å². The number of nitro groups is 1. The van der Waals surface area contributed by atoms with Crippen molar-refractivity contribution in [3.05, 3.63) is 34.4 Å². The van der Waals surface area contributed by atoms with Crippen LogP contribution in [0.2, 0.25) is 0 Å². The Morgan fingerprint density at radius 1 is 1.29 bits per heavy atom. The zero-order valence-corrected chi connectivity index (χ0v) is 12.0. The quantitative estimate of drug-likeness (QED) is 0.573. The summed E-state index contributed by atoms with van der Waals surface area (Å²) in [4.78, 5) is 12.4. The normalized spacial score (nSPS) is 16.8. The van der Waals surface area contributed by atoms with Gasteiger partial charge in [0.15, 0.2) is 0 Å². The maximum atomic E-state index is 12.1. The lowest BCUT2D eigenvalue weighted by molar-refractivity contribution is -0.384. The molecule has 0 aliphatic carbocycles. The summed E-state index contributed by atoms with van der Waals surface area (Å²) in [5.74, 6) is 1.17. The number of piperidine rings is 1. The van der Waals surface area contributed by atoms with Gasteiger partial charge in [0.25, 0.3) is 5.69 Å². The number of hydrogen-bond donors (Lipinski definition) is 0. The fourth-order valence-electron chi connectivity index (χ4n) is 2.54. The van der Waals surface area contributed by atoms with Gasteiger partial charge in [-0.3, -0.25) is 14.5 Å². The van der Waals surface area contributed by atoms with Gasteiger partial charge in [-0.2, -0.15) is 0 Å². The topological polar surface area (TPSA) is 55.6 Å². The number of alkyl halides is 1. The summed E-state index contributed by atoms with van der Waals surface area (Å²) >= 11 is 0. The number of non-ortho nitro benzene ring substituents is 1. The number of ether oxygens (including phenoxy) is 1. The zero-order chi connectivity index (χ0) is 15.1. The van der Waals surface area contributed by atoms with E-state index in [1.165, 1.54) is 12.1 Å². The fourth-order valence-corrected chi connectivity index (χ4v) is 2.54. The van der Waals surface area contributed by atoms with Crippen LogP contribution in [-0.2, 0) is 0 Å². The van der Waals surface area contributed by atoms with E-state index in [1.807, 2.05) is 0 Å². The van der Waals surface area contributed by atoms with Crippen molar-refractivity contribution < 1.29 is 14.1 Å². The van der Waals surface area contributed by atoms with Crippen LogP contribution in [0, 0.1) is 16.0 Å². The minimum Gasteiger partial charge on any atom is -0.493 e. The number of nitrogens with zero attached hydrogens (tertiary/aromatic N) is 2. The highest BCUT2D eigenvalue weighted by atomic mass is 19.1. The number of benzene rings is 1. The second-order valence-corrected chi connectivity index (χ2v) is 5.39. The Morgan fingerprint density at radius 3 is 2.52 bits per heavy atom. The summed E-state index contributed by atoms with van der Waals surface area (Å²) in [5, 5.41) is 10.6. The smallest absolute Gasteiger partial charge is 0.269 e. The second kappa shape index (κ2) is 7.93. The molecule has 1 aliphatic rings. The van der Waals surface area contributed by atoms with E-state index in [-0.39, 0.29) is 12.4 Å². The molecule has 0 unspecified atom stereocenters. The lowest BCUT2D eigenvalue weighted by Gasteiger charge is -2.31. The van der Waals surface area contributed by atoms with Crippen LogP contribution in [0.25, 0.3) is 0 Å². The molecule has 0 atom stereocenters. The van der Waals surface area contributed by atoms with Crippen molar-refractivity contribution in [1.29, 1.82) is 0 Å². The van der Waals surface area contributed by atoms with Crippen molar-refractivity contribution in [2.24, 2.45) is 5.92 Å². The van der Waals surface area contributed by atoms with Gasteiger partial charge < -0.3 is 9.64 Å². The average molecular weight is 296 g/mol. The predicted molar refractivity (Wildman–Crippen MR) is 78.3 cm³/mol. The van der Waals surface area contributed by atoms with Gasteiger partial charge >= 0.3 is 0 Å². The molecule has 116 valence electrons. The minimum atomic E-state index is -0.420. The Labute approximate surface area is 123 Å². The first-order valence-electron chi connectivity index (χ1n) is 7.34. The minimum absolute atomic E-state index is 0.0727. The third-order valence-corrected chi connectivity index (χ3v) is 3.85. The van der Waals surface area contributed by atoms with Crippen molar-refractivity contribution in [2.75, 3.05) is 32.9 Å². The van der Waals surface area contributed by atoms with Crippen molar-refractivity contribution in [1.82, 2.24) is 4.90 Å². The molecule has 0 amide bonds. The van der Waals surface area contributed by atoms with Gasteiger partial charge in [-0.1, -0.05) is 0 Å². The van der Waals surface area contributed by atoms with Crippen LogP contribution in [0.3, 0.4) is 0 Å². The van der Waals surface area contributed by atoms with Gasteiger partial charge in [0.2, 0.25) is 0 Å². The maximum Gasteiger partial charge on any atom is 0.269 e. The molecule has 2 rings (SSSR count). The molecular weight excluding hydrogens is 275 g/mol. The monoisotopic (exact) mass is 296 g/mol. The van der Waals surface area contributed by atoms with Gasteiger partial charge in [0.1, 0.15) is 5.75 Å². The van der Waals surface area contributed by atoms with Gasteiger partial charge in [-0.25, -0.2) is 0 Å². The Hall–Kier alpha value is -1.69. The van der Waals surface area contributed by atoms with E-state index in [0.29, 0.717) is 24.7 Å². The van der Waals surface area contributed by atoms with Crippen molar-refractivity contribution in [3.8, 4) is 5.75 Å². The molecule has 1 aromatic rings. The first-order valence-corrected chi connectivity index (χ1v) is 7.34. The van der Waals surface area contributed by atoms with E-state index in [2.05, 4.69) is 4.90 Å². The Bertz CT molecular complexity index is 445. The van der Waals surface area contributed by atoms with E-state index in [4.69, 9.17) is 4.74 Å². The predicted octanol–water partition coefficient (Wildman–Crippen LogP) is 3.05. The Balaban J connectivity index is 1.70. The lowest BCUT2D eigenvalue weighted by Crippen LogP contribution is -2.36. The summed E-state index contributed by atoms with van der Waals surface area (Å²) in [6.45, 7) is 3.22. The van der Waals surface area contributed by atoms with E-state index >= 15 is 0 Å². The van der Waals surface area contributed by atoms with Crippen LogP contribution in [-0.4, -0.2) is 42.7 Å². The molecule has 6 heteroatoms. The Morgan fingerprint density at radius 2 is 1.95 bits per heavy atom. The first kappa shape index (κ1) is 15.7. The third-order valence-electron chi connectivity index (χ3n) is 3.85. The molecule has 5 nitrogen and oxygen atoms in total. The zero-order valence-electron chi connectivity index (χ0n) is 12.0. The fraction of sp³-hybridized carbons (Fsp3) is 0.600. The highest BCUT2D eigenvalue weighted by molar-refractivity contribution is 5.35. The molecule has 1 fully saturated rings. The van der Waals surface area contributed by atoms with Gasteiger partial charge in [0.05, 0.1) is 18.2 Å². The van der Waals surface area contributed by atoms with Crippen molar-refractivity contribution >= 4 is 5.69 Å². The molecule has 21 heavy (non-hydrogen) atoms. The number of likely N-dealkylation sites (tertiary alicyclic amines) is 1. The number of hydrogen-bond acceptors (Lipinski definition) is 4. The van der Waals surface area contributed by atoms with Crippen LogP contribution >= 0.6 is 0 Å². The first-order chi connectivity index (χ1) is 10.2. The molecule has 1 heterocycles. The van der Waals surface area contributed by atoms with Crippen LogP contribution in [0.4, 0.5) is 10.1 Å². The Kier molecular flexibility index (Phi) is 5.92. The van der Waals surface area contributed by atoms with Gasteiger partial charge in [-0.15, -0.1) is 0 Å². The van der Waals surface area contributed by atoms with E-state index in [0.717, 1.165) is 32.5 Å². The number of nitro benzene ring substituents is 1. The average Bonchev–Trinajstić information content (AvgIpc) is 2.52.